The SMILES string of the molecule is Cc1ccc2[nH]c(=O)c(-c3nc4c(C)cccn4c3NCC3CCCO3)cc2c1. The van der Waals surface area contributed by atoms with E-state index in [0.29, 0.717) is 17.8 Å². The van der Waals surface area contributed by atoms with Crippen molar-refractivity contribution in [3.8, 4) is 11.3 Å². The third-order valence-corrected chi connectivity index (χ3v) is 5.62. The van der Waals surface area contributed by atoms with E-state index in [9.17, 15) is 4.79 Å². The largest absolute Gasteiger partial charge is 0.376 e. The smallest absolute Gasteiger partial charge is 0.258 e. The standard InChI is InChI=1S/C23H24N4O2/c1-14-7-8-19-16(11-14)12-18(23(28)25-19)20-22(24-13-17-6-4-10-29-17)27-9-3-5-15(2)21(27)26-20/h3,5,7-9,11-12,17,24H,4,6,10,13H2,1-2H3,(H,25,28). The Morgan fingerprint density at radius 3 is 3.00 bits per heavy atom. The number of imidazole rings is 1. The fourth-order valence-corrected chi connectivity index (χ4v) is 4.08. The zero-order valence-corrected chi connectivity index (χ0v) is 16.7. The number of fused-ring (bicyclic) bond motifs is 2. The summed E-state index contributed by atoms with van der Waals surface area (Å²) < 4.78 is 7.79. The Hall–Kier alpha value is -3.12. The number of pyridine rings is 2. The minimum atomic E-state index is -0.137. The summed E-state index contributed by atoms with van der Waals surface area (Å²) in [6.45, 7) is 5.59. The molecule has 0 spiro atoms. The number of rotatable bonds is 4. The Bertz CT molecular complexity index is 1270. The molecule has 0 bridgehead atoms. The van der Waals surface area contributed by atoms with Gasteiger partial charge in [0.1, 0.15) is 17.2 Å². The highest BCUT2D eigenvalue weighted by Crippen LogP contribution is 2.30. The van der Waals surface area contributed by atoms with Gasteiger partial charge in [0.15, 0.2) is 0 Å². The van der Waals surface area contributed by atoms with Crippen LogP contribution in [0.1, 0.15) is 24.0 Å². The van der Waals surface area contributed by atoms with Gasteiger partial charge >= 0.3 is 0 Å². The molecule has 3 aromatic heterocycles. The number of aromatic nitrogens is 3. The van der Waals surface area contributed by atoms with Crippen LogP contribution in [-0.2, 0) is 4.74 Å². The van der Waals surface area contributed by atoms with Gasteiger partial charge in [0, 0.05) is 24.9 Å². The molecular weight excluding hydrogens is 364 g/mol. The summed E-state index contributed by atoms with van der Waals surface area (Å²) in [5.74, 6) is 0.830. The second-order valence-electron chi connectivity index (χ2n) is 7.81. The number of aromatic amines is 1. The van der Waals surface area contributed by atoms with E-state index in [1.165, 1.54) is 0 Å². The average Bonchev–Trinajstić information content (AvgIpc) is 3.34. The van der Waals surface area contributed by atoms with Gasteiger partial charge in [-0.05, 0) is 61.9 Å². The van der Waals surface area contributed by atoms with Crippen molar-refractivity contribution in [3.63, 3.8) is 0 Å². The monoisotopic (exact) mass is 388 g/mol. The zero-order chi connectivity index (χ0) is 20.0. The number of H-pyrrole nitrogens is 1. The average molecular weight is 388 g/mol. The molecule has 0 aliphatic carbocycles. The topological polar surface area (TPSA) is 71.4 Å². The van der Waals surface area contributed by atoms with Crippen LogP contribution < -0.4 is 10.9 Å². The number of ether oxygens (including phenoxy) is 1. The van der Waals surface area contributed by atoms with Gasteiger partial charge < -0.3 is 15.0 Å². The van der Waals surface area contributed by atoms with Crippen molar-refractivity contribution in [2.75, 3.05) is 18.5 Å². The molecule has 6 heteroatoms. The number of nitrogens with one attached hydrogen (secondary N) is 2. The van der Waals surface area contributed by atoms with Crippen molar-refractivity contribution in [2.24, 2.45) is 0 Å². The van der Waals surface area contributed by atoms with Crippen LogP contribution in [-0.4, -0.2) is 33.6 Å². The molecule has 1 saturated heterocycles. The Balaban J connectivity index is 1.68. The van der Waals surface area contributed by atoms with Gasteiger partial charge in [-0.25, -0.2) is 4.98 Å². The number of anilines is 1. The second kappa shape index (κ2) is 7.04. The maximum Gasteiger partial charge on any atom is 0.258 e. The molecule has 4 heterocycles. The highest BCUT2D eigenvalue weighted by molar-refractivity contribution is 5.86. The minimum Gasteiger partial charge on any atom is -0.376 e. The first-order valence-electron chi connectivity index (χ1n) is 10.1. The van der Waals surface area contributed by atoms with Crippen molar-refractivity contribution in [1.29, 1.82) is 0 Å². The molecule has 0 saturated carbocycles. The number of hydrogen-bond donors (Lipinski definition) is 2. The van der Waals surface area contributed by atoms with Crippen LogP contribution in [0.3, 0.4) is 0 Å². The lowest BCUT2D eigenvalue weighted by atomic mass is 10.1. The van der Waals surface area contributed by atoms with Crippen molar-refractivity contribution in [2.45, 2.75) is 32.8 Å². The molecule has 1 aliphatic heterocycles. The Morgan fingerprint density at radius 1 is 1.28 bits per heavy atom. The lowest BCUT2D eigenvalue weighted by Gasteiger charge is -2.13. The quantitative estimate of drug-likeness (QED) is 0.553. The molecule has 1 atom stereocenters. The normalized spacial score (nSPS) is 16.7. The third kappa shape index (κ3) is 3.19. The maximum absolute atomic E-state index is 12.9. The van der Waals surface area contributed by atoms with Crippen molar-refractivity contribution in [1.82, 2.24) is 14.4 Å². The fourth-order valence-electron chi connectivity index (χ4n) is 4.08. The molecule has 1 fully saturated rings. The highest BCUT2D eigenvalue weighted by Gasteiger charge is 2.21. The minimum absolute atomic E-state index is 0.137. The first kappa shape index (κ1) is 17.9. The molecule has 29 heavy (non-hydrogen) atoms. The summed E-state index contributed by atoms with van der Waals surface area (Å²) in [6, 6.07) is 12.0. The lowest BCUT2D eigenvalue weighted by molar-refractivity contribution is 0.120. The number of benzene rings is 1. The fraction of sp³-hybridized carbons (Fsp3) is 0.304. The Morgan fingerprint density at radius 2 is 2.17 bits per heavy atom. The van der Waals surface area contributed by atoms with Crippen molar-refractivity contribution >= 4 is 22.4 Å². The molecule has 1 unspecified atom stereocenters. The van der Waals surface area contributed by atoms with E-state index in [2.05, 4.69) is 16.4 Å². The first-order valence-corrected chi connectivity index (χ1v) is 10.1. The molecule has 1 aliphatic rings. The van der Waals surface area contributed by atoms with E-state index in [1.54, 1.807) is 0 Å². The summed E-state index contributed by atoms with van der Waals surface area (Å²) in [4.78, 5) is 20.8. The van der Waals surface area contributed by atoms with Crippen LogP contribution in [0, 0.1) is 13.8 Å². The second-order valence-corrected chi connectivity index (χ2v) is 7.81. The van der Waals surface area contributed by atoms with E-state index in [4.69, 9.17) is 9.72 Å². The predicted molar refractivity (Wildman–Crippen MR) is 116 cm³/mol. The van der Waals surface area contributed by atoms with Gasteiger partial charge in [0.25, 0.3) is 5.56 Å². The molecule has 1 aromatic carbocycles. The Kier molecular flexibility index (Phi) is 4.36. The number of hydrogen-bond acceptors (Lipinski definition) is 4. The first-order chi connectivity index (χ1) is 14.1. The van der Waals surface area contributed by atoms with Crippen molar-refractivity contribution < 1.29 is 4.74 Å². The van der Waals surface area contributed by atoms with Gasteiger partial charge in [-0.3, -0.25) is 9.20 Å². The molecule has 148 valence electrons. The third-order valence-electron chi connectivity index (χ3n) is 5.62. The molecule has 2 N–H and O–H groups in total. The zero-order valence-electron chi connectivity index (χ0n) is 16.7. The van der Waals surface area contributed by atoms with Crippen LogP contribution in [0.25, 0.3) is 27.8 Å². The van der Waals surface area contributed by atoms with Gasteiger partial charge in [-0.1, -0.05) is 17.7 Å². The molecular formula is C23H24N4O2. The van der Waals surface area contributed by atoms with E-state index in [1.807, 2.05) is 54.8 Å². The van der Waals surface area contributed by atoms with Gasteiger partial charge in [0.2, 0.25) is 0 Å². The van der Waals surface area contributed by atoms with Crippen LogP contribution in [0.4, 0.5) is 5.82 Å². The molecule has 0 radical (unpaired) electrons. The summed E-state index contributed by atoms with van der Waals surface area (Å²) in [5, 5.41) is 4.51. The van der Waals surface area contributed by atoms with E-state index in [-0.39, 0.29) is 11.7 Å². The molecule has 5 rings (SSSR count). The molecule has 0 amide bonds. The summed E-state index contributed by atoms with van der Waals surface area (Å²) >= 11 is 0. The lowest BCUT2D eigenvalue weighted by Crippen LogP contribution is -2.20. The van der Waals surface area contributed by atoms with Crippen molar-refractivity contribution in [3.05, 3.63) is 64.1 Å². The summed E-state index contributed by atoms with van der Waals surface area (Å²) in [5.41, 5.74) is 5.00. The van der Waals surface area contributed by atoms with E-state index < -0.39 is 0 Å². The summed E-state index contributed by atoms with van der Waals surface area (Å²) in [7, 11) is 0. The van der Waals surface area contributed by atoms with Gasteiger partial charge in [-0.2, -0.15) is 0 Å². The van der Waals surface area contributed by atoms with Crippen LogP contribution in [0.2, 0.25) is 0 Å². The highest BCUT2D eigenvalue weighted by atomic mass is 16.5. The maximum atomic E-state index is 12.9. The van der Waals surface area contributed by atoms with Crippen LogP contribution >= 0.6 is 0 Å². The van der Waals surface area contributed by atoms with E-state index in [0.717, 1.165) is 52.9 Å². The van der Waals surface area contributed by atoms with Gasteiger partial charge in [0.05, 0.1) is 11.7 Å². The molecule has 6 nitrogen and oxygen atoms in total. The molecule has 4 aromatic rings. The van der Waals surface area contributed by atoms with Crippen LogP contribution in [0.15, 0.2) is 47.4 Å². The van der Waals surface area contributed by atoms with Crippen LogP contribution in [0.5, 0.6) is 0 Å². The van der Waals surface area contributed by atoms with Gasteiger partial charge in [-0.15, -0.1) is 0 Å². The number of aryl methyl sites for hydroxylation is 2. The summed E-state index contributed by atoms with van der Waals surface area (Å²) in [6.07, 6.45) is 4.31. The predicted octanol–water partition coefficient (Wildman–Crippen LogP) is 4.05. The Labute approximate surface area is 168 Å². The number of nitrogens with zero attached hydrogens (tertiary/aromatic N) is 2. The van der Waals surface area contributed by atoms with E-state index >= 15 is 0 Å².